The Balaban J connectivity index is 1.61. The fourth-order valence-electron chi connectivity index (χ4n) is 3.43. The second kappa shape index (κ2) is 8.33. The highest BCUT2D eigenvalue weighted by Crippen LogP contribution is 2.28. The number of carbonyl (C=O) groups is 4. The Hall–Kier alpha value is -2.70. The molecule has 7 heteroatoms. The maximum Gasteiger partial charge on any atom is 0.306 e. The fraction of sp³-hybridized carbons (Fsp3) is 0.500. The molecule has 0 bridgehead atoms. The summed E-state index contributed by atoms with van der Waals surface area (Å²) in [5.74, 6) is -1.12. The number of nitrogens with zero attached hydrogens (tertiary/aromatic N) is 1. The lowest BCUT2D eigenvalue weighted by atomic mass is 10.0. The van der Waals surface area contributed by atoms with Crippen LogP contribution in [0.1, 0.15) is 60.5 Å². The number of fused-ring (bicyclic) bond motifs is 1. The number of unbranched alkanes of at least 4 members (excludes halogenated alkanes) is 1. The van der Waals surface area contributed by atoms with Crippen LogP contribution < -0.4 is 5.32 Å². The molecule has 1 unspecified atom stereocenters. The fourth-order valence-corrected chi connectivity index (χ4v) is 3.43. The van der Waals surface area contributed by atoms with Crippen molar-refractivity contribution >= 4 is 23.7 Å². The predicted molar refractivity (Wildman–Crippen MR) is 96.7 cm³/mol. The summed E-state index contributed by atoms with van der Waals surface area (Å²) in [7, 11) is 0. The molecule has 0 spiro atoms. The average Bonchev–Trinajstić information content (AvgIpc) is 2.96. The van der Waals surface area contributed by atoms with Crippen LogP contribution in [0.3, 0.4) is 0 Å². The van der Waals surface area contributed by atoms with Crippen LogP contribution in [0.5, 0.6) is 0 Å². The van der Waals surface area contributed by atoms with E-state index >= 15 is 0 Å². The Morgan fingerprint density at radius 1 is 1.30 bits per heavy atom. The molecule has 1 saturated heterocycles. The van der Waals surface area contributed by atoms with Gasteiger partial charge in [-0.1, -0.05) is 25.5 Å². The van der Waals surface area contributed by atoms with Crippen molar-refractivity contribution in [2.75, 3.05) is 6.61 Å². The molecule has 0 aliphatic carbocycles. The largest absolute Gasteiger partial charge is 0.466 e. The molecule has 1 atom stereocenters. The minimum Gasteiger partial charge on any atom is -0.466 e. The van der Waals surface area contributed by atoms with Crippen molar-refractivity contribution in [2.45, 2.75) is 58.0 Å². The second-order valence-corrected chi connectivity index (χ2v) is 6.97. The summed E-state index contributed by atoms with van der Waals surface area (Å²) in [5.41, 5.74) is 2.38. The number of aryl methyl sites for hydroxylation is 1. The Kier molecular flexibility index (Phi) is 5.88. The van der Waals surface area contributed by atoms with Gasteiger partial charge in [-0.05, 0) is 36.5 Å². The number of esters is 1. The van der Waals surface area contributed by atoms with Gasteiger partial charge < -0.3 is 9.64 Å². The molecule has 3 rings (SSSR count). The van der Waals surface area contributed by atoms with Crippen LogP contribution >= 0.6 is 0 Å². The third-order valence-corrected chi connectivity index (χ3v) is 4.97. The zero-order valence-electron chi connectivity index (χ0n) is 15.5. The van der Waals surface area contributed by atoms with Crippen LogP contribution in [-0.4, -0.2) is 41.2 Å². The van der Waals surface area contributed by atoms with E-state index < -0.39 is 11.9 Å². The molecule has 1 aromatic rings. The highest BCUT2D eigenvalue weighted by atomic mass is 16.5. The van der Waals surface area contributed by atoms with Gasteiger partial charge in [0.1, 0.15) is 6.04 Å². The van der Waals surface area contributed by atoms with Crippen molar-refractivity contribution in [1.29, 1.82) is 0 Å². The van der Waals surface area contributed by atoms with Crippen LogP contribution in [0, 0.1) is 0 Å². The van der Waals surface area contributed by atoms with E-state index in [0.29, 0.717) is 38.0 Å². The third-order valence-electron chi connectivity index (χ3n) is 4.97. The smallest absolute Gasteiger partial charge is 0.306 e. The van der Waals surface area contributed by atoms with Gasteiger partial charge in [-0.2, -0.15) is 0 Å². The Labute approximate surface area is 158 Å². The first kappa shape index (κ1) is 19.1. The summed E-state index contributed by atoms with van der Waals surface area (Å²) in [5, 5.41) is 2.30. The van der Waals surface area contributed by atoms with Crippen molar-refractivity contribution in [3.63, 3.8) is 0 Å². The number of carbonyl (C=O) groups excluding carboxylic acids is 4. The molecule has 1 fully saturated rings. The van der Waals surface area contributed by atoms with Crippen LogP contribution in [0.15, 0.2) is 18.2 Å². The van der Waals surface area contributed by atoms with Crippen LogP contribution in [0.25, 0.3) is 0 Å². The Morgan fingerprint density at radius 2 is 2.11 bits per heavy atom. The summed E-state index contributed by atoms with van der Waals surface area (Å²) in [6, 6.07) is 4.89. The SMILES string of the molecule is CCCCOC(=O)CCc1ccc2c(c1)CN(C1CCC(=O)NC1=O)C2=O. The first-order valence-electron chi connectivity index (χ1n) is 9.41. The lowest BCUT2D eigenvalue weighted by Crippen LogP contribution is -2.52. The molecule has 7 nitrogen and oxygen atoms in total. The first-order chi connectivity index (χ1) is 13.0. The molecule has 144 valence electrons. The zero-order valence-corrected chi connectivity index (χ0v) is 15.5. The topological polar surface area (TPSA) is 92.8 Å². The van der Waals surface area contributed by atoms with Crippen LogP contribution in [-0.2, 0) is 32.1 Å². The number of hydrogen-bond acceptors (Lipinski definition) is 5. The van der Waals surface area contributed by atoms with Crippen molar-refractivity contribution in [2.24, 2.45) is 0 Å². The third kappa shape index (κ3) is 4.35. The number of hydrogen-bond donors (Lipinski definition) is 1. The molecule has 0 saturated carbocycles. The van der Waals surface area contributed by atoms with Gasteiger partial charge in [0, 0.05) is 24.9 Å². The van der Waals surface area contributed by atoms with E-state index in [1.54, 1.807) is 6.07 Å². The lowest BCUT2D eigenvalue weighted by Gasteiger charge is -2.29. The Bertz CT molecular complexity index is 774. The lowest BCUT2D eigenvalue weighted by molar-refractivity contribution is -0.143. The molecule has 2 aliphatic heterocycles. The quantitative estimate of drug-likeness (QED) is 0.447. The summed E-state index contributed by atoms with van der Waals surface area (Å²) >= 11 is 0. The minimum atomic E-state index is -0.611. The molecule has 1 aromatic carbocycles. The van der Waals surface area contributed by atoms with E-state index in [-0.39, 0.29) is 24.2 Å². The molecule has 0 radical (unpaired) electrons. The molecule has 2 aliphatic rings. The molecular weight excluding hydrogens is 348 g/mol. The molecule has 27 heavy (non-hydrogen) atoms. The van der Waals surface area contributed by atoms with E-state index in [9.17, 15) is 19.2 Å². The maximum absolute atomic E-state index is 12.6. The van der Waals surface area contributed by atoms with Gasteiger partial charge in [0.25, 0.3) is 5.91 Å². The second-order valence-electron chi connectivity index (χ2n) is 6.97. The average molecular weight is 372 g/mol. The molecule has 3 amide bonds. The summed E-state index contributed by atoms with van der Waals surface area (Å²) in [6.07, 6.45) is 3.28. The number of nitrogens with one attached hydrogen (secondary N) is 1. The standard InChI is InChI=1S/C20H24N2O5/c1-2-3-10-27-18(24)9-5-13-4-6-15-14(11-13)12-22(20(15)26)16-7-8-17(23)21-19(16)25/h4,6,11,16H,2-3,5,7-10,12H2,1H3,(H,21,23,25). The molecular formula is C20H24N2O5. The highest BCUT2D eigenvalue weighted by Gasteiger charge is 2.38. The molecule has 1 N–H and O–H groups in total. The number of benzene rings is 1. The van der Waals surface area contributed by atoms with Gasteiger partial charge in [-0.15, -0.1) is 0 Å². The summed E-state index contributed by atoms with van der Waals surface area (Å²) in [6.45, 7) is 2.84. The van der Waals surface area contributed by atoms with Gasteiger partial charge in [0.05, 0.1) is 6.61 Å². The van der Waals surface area contributed by atoms with E-state index in [2.05, 4.69) is 5.32 Å². The van der Waals surface area contributed by atoms with E-state index in [0.717, 1.165) is 24.0 Å². The maximum atomic E-state index is 12.6. The first-order valence-corrected chi connectivity index (χ1v) is 9.41. The van der Waals surface area contributed by atoms with E-state index in [4.69, 9.17) is 4.74 Å². The van der Waals surface area contributed by atoms with Gasteiger partial charge in [-0.25, -0.2) is 0 Å². The van der Waals surface area contributed by atoms with Gasteiger partial charge >= 0.3 is 5.97 Å². The summed E-state index contributed by atoms with van der Waals surface area (Å²) < 4.78 is 5.16. The van der Waals surface area contributed by atoms with E-state index in [1.165, 1.54) is 4.90 Å². The number of piperidine rings is 1. The normalized spacial score (nSPS) is 19.1. The highest BCUT2D eigenvalue weighted by molar-refractivity contribution is 6.05. The van der Waals surface area contributed by atoms with Gasteiger partial charge in [0.15, 0.2) is 0 Å². The summed E-state index contributed by atoms with van der Waals surface area (Å²) in [4.78, 5) is 49.3. The molecule has 2 heterocycles. The van der Waals surface area contributed by atoms with Gasteiger partial charge in [0.2, 0.25) is 11.8 Å². The van der Waals surface area contributed by atoms with Crippen molar-refractivity contribution < 1.29 is 23.9 Å². The monoisotopic (exact) mass is 372 g/mol. The minimum absolute atomic E-state index is 0.190. The zero-order chi connectivity index (χ0) is 19.4. The molecule has 0 aromatic heterocycles. The number of imide groups is 1. The number of ether oxygens (including phenoxy) is 1. The van der Waals surface area contributed by atoms with Crippen molar-refractivity contribution in [3.05, 3.63) is 34.9 Å². The van der Waals surface area contributed by atoms with Crippen molar-refractivity contribution in [3.8, 4) is 0 Å². The number of rotatable bonds is 7. The van der Waals surface area contributed by atoms with Crippen LogP contribution in [0.2, 0.25) is 0 Å². The number of amides is 3. The van der Waals surface area contributed by atoms with Gasteiger partial charge in [-0.3, -0.25) is 24.5 Å². The Morgan fingerprint density at radius 3 is 2.85 bits per heavy atom. The van der Waals surface area contributed by atoms with Crippen molar-refractivity contribution in [1.82, 2.24) is 10.2 Å². The van der Waals surface area contributed by atoms with Crippen LogP contribution in [0.4, 0.5) is 0 Å². The van der Waals surface area contributed by atoms with E-state index in [1.807, 2.05) is 19.1 Å². The predicted octanol–water partition coefficient (Wildman–Crippen LogP) is 1.72.